The molecule has 0 aliphatic carbocycles. The zero-order chi connectivity index (χ0) is 8.97. The Bertz CT molecular complexity index is 291. The molecule has 1 aromatic heterocycles. The second-order valence-corrected chi connectivity index (χ2v) is 3.11. The smallest absolute Gasteiger partial charge is 0.218 e. The molecule has 5 heteroatoms. The summed E-state index contributed by atoms with van der Waals surface area (Å²) in [5.41, 5.74) is 0.537. The van der Waals surface area contributed by atoms with Crippen molar-refractivity contribution in [2.45, 2.75) is 11.9 Å². The third-order valence-electron chi connectivity index (χ3n) is 1.24. The van der Waals surface area contributed by atoms with Crippen LogP contribution in [0.15, 0.2) is 17.2 Å². The number of thioether (sulfide) groups is 1. The lowest BCUT2D eigenvalue weighted by atomic mass is 10.4. The minimum Gasteiger partial charge on any atom is -0.594 e. The Balaban J connectivity index is 2.75. The number of carbonyl (C=O) groups excluding carboxylic acids is 1. The highest BCUT2D eigenvalue weighted by atomic mass is 32.2. The molecule has 1 rings (SSSR count). The number of hydrogen-bond donors (Lipinski definition) is 0. The van der Waals surface area contributed by atoms with E-state index in [1.54, 1.807) is 25.3 Å². The third-order valence-corrected chi connectivity index (χ3v) is 2.01. The molecule has 0 spiro atoms. The van der Waals surface area contributed by atoms with Crippen LogP contribution in [0.4, 0.5) is 0 Å². The highest BCUT2D eigenvalue weighted by Crippen LogP contribution is 2.11. The van der Waals surface area contributed by atoms with Crippen LogP contribution in [0, 0.1) is 12.1 Å². The topological polar surface area (TPSA) is 56.9 Å². The Morgan fingerprint density at radius 1 is 1.75 bits per heavy atom. The summed E-state index contributed by atoms with van der Waals surface area (Å²) in [6, 6.07) is 3.36. The maximum absolute atomic E-state index is 10.9. The second kappa shape index (κ2) is 4.06. The van der Waals surface area contributed by atoms with E-state index in [1.165, 1.54) is 11.8 Å². The number of rotatable bonds is 3. The van der Waals surface area contributed by atoms with E-state index in [2.05, 4.69) is 5.10 Å². The van der Waals surface area contributed by atoms with Crippen LogP contribution in [0.2, 0.25) is 0 Å². The maximum atomic E-state index is 10.9. The molecule has 0 bridgehead atoms. The molecule has 0 saturated heterocycles. The summed E-state index contributed by atoms with van der Waals surface area (Å²) in [4.78, 5) is 10.4. The van der Waals surface area contributed by atoms with Crippen LogP contribution in [-0.2, 0) is 4.79 Å². The summed E-state index contributed by atoms with van der Waals surface area (Å²) in [7, 11) is 0. The van der Waals surface area contributed by atoms with Crippen LogP contribution in [0.25, 0.3) is 0 Å². The number of aryl methyl sites for hydroxylation is 1. The normalized spacial score (nSPS) is 9.75. The Morgan fingerprint density at radius 2 is 2.50 bits per heavy atom. The van der Waals surface area contributed by atoms with E-state index in [0.717, 1.165) is 0 Å². The van der Waals surface area contributed by atoms with Gasteiger partial charge in [0.15, 0.2) is 5.03 Å². The van der Waals surface area contributed by atoms with Crippen LogP contribution in [0.1, 0.15) is 5.69 Å². The van der Waals surface area contributed by atoms with Crippen molar-refractivity contribution in [1.29, 1.82) is 0 Å². The minimum absolute atomic E-state index is 0.204. The van der Waals surface area contributed by atoms with Crippen LogP contribution in [0.5, 0.6) is 0 Å². The van der Waals surface area contributed by atoms with Crippen molar-refractivity contribution in [3.8, 4) is 0 Å². The third kappa shape index (κ3) is 2.20. The largest absolute Gasteiger partial charge is 0.594 e. The summed E-state index contributed by atoms with van der Waals surface area (Å²) in [6.45, 7) is 1.67. The Kier molecular flexibility index (Phi) is 3.04. The van der Waals surface area contributed by atoms with Crippen molar-refractivity contribution < 1.29 is 9.64 Å². The van der Waals surface area contributed by atoms with Gasteiger partial charge < -0.3 is 5.21 Å². The average Bonchev–Trinajstić information content (AvgIpc) is 2.07. The lowest BCUT2D eigenvalue weighted by molar-refractivity contribution is -0.679. The van der Waals surface area contributed by atoms with Gasteiger partial charge in [0.25, 0.3) is 0 Å². The van der Waals surface area contributed by atoms with Crippen molar-refractivity contribution in [3.05, 3.63) is 23.0 Å². The van der Waals surface area contributed by atoms with E-state index >= 15 is 0 Å². The number of hydrogen-bond acceptors (Lipinski definition) is 4. The van der Waals surface area contributed by atoms with Crippen molar-refractivity contribution in [3.63, 3.8) is 0 Å². The van der Waals surface area contributed by atoms with Crippen LogP contribution in [0.3, 0.4) is 0 Å². The van der Waals surface area contributed by atoms with Gasteiger partial charge in [0, 0.05) is 18.1 Å². The molecule has 0 amide bonds. The fraction of sp³-hybridized carbons (Fsp3) is 0.286. The van der Waals surface area contributed by atoms with Gasteiger partial charge in [0.1, 0.15) is 0 Å². The van der Waals surface area contributed by atoms with E-state index in [9.17, 15) is 10.0 Å². The highest BCUT2D eigenvalue weighted by molar-refractivity contribution is 7.99. The standard InChI is InChI=1S/C7H7N2O2S/c1-6-2-3-7(8-9(6)11)12-5-4-10/h2-3H,5H2,1H3. The van der Waals surface area contributed by atoms with E-state index < -0.39 is 0 Å². The quantitative estimate of drug-likeness (QED) is 0.382. The zero-order valence-corrected chi connectivity index (χ0v) is 7.30. The molecular weight excluding hydrogens is 176 g/mol. The molecule has 0 saturated carbocycles. The van der Waals surface area contributed by atoms with Crippen LogP contribution >= 0.6 is 11.8 Å². The van der Waals surface area contributed by atoms with Gasteiger partial charge in [-0.15, -0.1) is 0 Å². The van der Waals surface area contributed by atoms with E-state index in [4.69, 9.17) is 0 Å². The van der Waals surface area contributed by atoms with E-state index in [1.807, 2.05) is 0 Å². The lowest BCUT2D eigenvalue weighted by Gasteiger charge is -1.98. The first-order valence-electron chi connectivity index (χ1n) is 3.29. The fourth-order valence-corrected chi connectivity index (χ4v) is 1.14. The van der Waals surface area contributed by atoms with Crippen molar-refractivity contribution in [2.24, 2.45) is 0 Å². The molecule has 0 fully saturated rings. The van der Waals surface area contributed by atoms with Gasteiger partial charge in [-0.2, -0.15) is 0 Å². The van der Waals surface area contributed by atoms with Crippen LogP contribution in [-0.4, -0.2) is 17.1 Å². The molecule has 4 nitrogen and oxygen atoms in total. The summed E-state index contributed by atoms with van der Waals surface area (Å²) in [5, 5.41) is 15.1. The average molecular weight is 183 g/mol. The van der Waals surface area contributed by atoms with Crippen molar-refractivity contribution >= 4 is 18.0 Å². The van der Waals surface area contributed by atoms with Gasteiger partial charge >= 0.3 is 0 Å². The van der Waals surface area contributed by atoms with Crippen molar-refractivity contribution in [1.82, 2.24) is 5.10 Å². The second-order valence-electron chi connectivity index (χ2n) is 2.12. The fourth-order valence-electron chi connectivity index (χ4n) is 0.638. The minimum atomic E-state index is 0.204. The Labute approximate surface area is 74.2 Å². The molecule has 0 N–H and O–H groups in total. The van der Waals surface area contributed by atoms with E-state index in [-0.39, 0.29) is 5.75 Å². The highest BCUT2D eigenvalue weighted by Gasteiger charge is 2.03. The summed E-state index contributed by atoms with van der Waals surface area (Å²) in [6.07, 6.45) is 1.71. The molecule has 1 aromatic rings. The SMILES string of the molecule is Cc1ccc(SC[C]=O)n[n+]1[O-]. The molecule has 0 unspecified atom stereocenters. The van der Waals surface area contributed by atoms with Gasteiger partial charge in [-0.3, -0.25) is 4.79 Å². The zero-order valence-electron chi connectivity index (χ0n) is 6.48. The molecule has 0 aromatic carbocycles. The molecule has 0 aliphatic rings. The number of nitrogens with zero attached hydrogens (tertiary/aromatic N) is 2. The summed E-state index contributed by atoms with van der Waals surface area (Å²) >= 11 is 1.19. The molecular formula is C7H7N2O2S. The Morgan fingerprint density at radius 3 is 3.08 bits per heavy atom. The van der Waals surface area contributed by atoms with Gasteiger partial charge in [-0.05, 0) is 6.07 Å². The first-order chi connectivity index (χ1) is 5.74. The predicted octanol–water partition coefficient (Wildman–Crippen LogP) is 0.225. The van der Waals surface area contributed by atoms with Gasteiger partial charge in [-0.1, -0.05) is 16.6 Å². The lowest BCUT2D eigenvalue weighted by Crippen LogP contribution is -2.34. The van der Waals surface area contributed by atoms with Crippen molar-refractivity contribution in [2.75, 3.05) is 5.75 Å². The van der Waals surface area contributed by atoms with Gasteiger partial charge in [0.05, 0.1) is 5.75 Å². The Hall–Kier alpha value is -1.10. The maximum Gasteiger partial charge on any atom is 0.218 e. The molecule has 12 heavy (non-hydrogen) atoms. The van der Waals surface area contributed by atoms with Crippen LogP contribution < -0.4 is 4.85 Å². The van der Waals surface area contributed by atoms with Gasteiger partial charge in [-0.25, -0.2) is 0 Å². The molecule has 0 aliphatic heterocycles. The summed E-state index contributed by atoms with van der Waals surface area (Å²) in [5.74, 6) is 0.204. The first-order valence-corrected chi connectivity index (χ1v) is 4.28. The number of aromatic nitrogens is 2. The van der Waals surface area contributed by atoms with Gasteiger partial charge in [0.2, 0.25) is 12.0 Å². The molecule has 1 radical (unpaired) electrons. The predicted molar refractivity (Wildman–Crippen MR) is 44.4 cm³/mol. The monoisotopic (exact) mass is 183 g/mol. The molecule has 0 atom stereocenters. The molecule has 1 heterocycles. The summed E-state index contributed by atoms with van der Waals surface area (Å²) < 4.78 is 0. The molecule has 63 valence electrons. The first kappa shape index (κ1) is 8.99. The van der Waals surface area contributed by atoms with E-state index in [0.29, 0.717) is 15.6 Å².